The molecule has 144 valence electrons. The summed E-state index contributed by atoms with van der Waals surface area (Å²) in [5.74, 6) is 0.316. The lowest BCUT2D eigenvalue weighted by Crippen LogP contribution is -2.29. The minimum absolute atomic E-state index is 0.124. The normalized spacial score (nSPS) is 12.7. The standard InChI is InChI=1S/C20H23NO6/c1-26-18-11-15(7-8-16(18)12-22)19(24)17(23)9-10-21-20(25)27-13-14-5-3-2-4-6-14/h2-8,11-12,17,19,23-24H,9-10,13H2,1H3,(H,21,25). The van der Waals surface area contributed by atoms with Gasteiger partial charge in [0.25, 0.3) is 0 Å². The maximum atomic E-state index is 11.7. The van der Waals surface area contributed by atoms with Crippen LogP contribution in [0.2, 0.25) is 0 Å². The van der Waals surface area contributed by atoms with E-state index in [1.165, 1.54) is 19.2 Å². The summed E-state index contributed by atoms with van der Waals surface area (Å²) in [6, 6.07) is 13.8. The predicted octanol–water partition coefficient (Wildman–Crippen LogP) is 2.22. The van der Waals surface area contributed by atoms with Crippen LogP contribution in [0.5, 0.6) is 5.75 Å². The van der Waals surface area contributed by atoms with Crippen molar-refractivity contribution < 1.29 is 29.3 Å². The number of nitrogens with one attached hydrogen (secondary N) is 1. The van der Waals surface area contributed by atoms with Gasteiger partial charge in [0.2, 0.25) is 0 Å². The van der Waals surface area contributed by atoms with Gasteiger partial charge in [-0.2, -0.15) is 0 Å². The van der Waals surface area contributed by atoms with Crippen LogP contribution < -0.4 is 10.1 Å². The average molecular weight is 373 g/mol. The minimum atomic E-state index is -1.18. The van der Waals surface area contributed by atoms with Crippen molar-refractivity contribution in [2.45, 2.75) is 25.2 Å². The maximum Gasteiger partial charge on any atom is 0.407 e. The fourth-order valence-corrected chi connectivity index (χ4v) is 2.49. The number of rotatable bonds is 9. The van der Waals surface area contributed by atoms with E-state index in [0.717, 1.165) is 5.56 Å². The van der Waals surface area contributed by atoms with Gasteiger partial charge in [-0.1, -0.05) is 36.4 Å². The lowest BCUT2D eigenvalue weighted by molar-refractivity contribution is 0.0135. The van der Waals surface area contributed by atoms with Gasteiger partial charge in [-0.25, -0.2) is 4.79 Å². The van der Waals surface area contributed by atoms with Crippen molar-refractivity contribution in [1.82, 2.24) is 5.32 Å². The van der Waals surface area contributed by atoms with Crippen LogP contribution in [0.3, 0.4) is 0 Å². The second kappa shape index (κ2) is 10.3. The fourth-order valence-electron chi connectivity index (χ4n) is 2.49. The molecule has 7 heteroatoms. The number of aldehydes is 1. The third-order valence-electron chi connectivity index (χ3n) is 4.01. The highest BCUT2D eigenvalue weighted by Crippen LogP contribution is 2.25. The molecular formula is C20H23NO6. The molecule has 0 bridgehead atoms. The summed E-state index contributed by atoms with van der Waals surface area (Å²) in [6.07, 6.45) is -2.11. The van der Waals surface area contributed by atoms with Gasteiger partial charge >= 0.3 is 6.09 Å². The number of carbonyl (C=O) groups is 2. The second-order valence-electron chi connectivity index (χ2n) is 5.91. The van der Waals surface area contributed by atoms with Crippen LogP contribution in [0.4, 0.5) is 4.79 Å². The van der Waals surface area contributed by atoms with Crippen LogP contribution in [-0.2, 0) is 11.3 Å². The van der Waals surface area contributed by atoms with E-state index in [4.69, 9.17) is 9.47 Å². The number of ether oxygens (including phenoxy) is 2. The van der Waals surface area contributed by atoms with Crippen LogP contribution >= 0.6 is 0 Å². The quantitative estimate of drug-likeness (QED) is 0.582. The van der Waals surface area contributed by atoms with Crippen molar-refractivity contribution in [2.24, 2.45) is 0 Å². The van der Waals surface area contributed by atoms with Gasteiger partial charge in [-0.15, -0.1) is 0 Å². The molecule has 0 radical (unpaired) electrons. The highest BCUT2D eigenvalue weighted by Gasteiger charge is 2.20. The predicted molar refractivity (Wildman–Crippen MR) is 98.6 cm³/mol. The molecule has 27 heavy (non-hydrogen) atoms. The number of hydrogen-bond donors (Lipinski definition) is 3. The second-order valence-corrected chi connectivity index (χ2v) is 5.91. The molecule has 0 fully saturated rings. The molecule has 0 saturated carbocycles. The zero-order chi connectivity index (χ0) is 19.6. The van der Waals surface area contributed by atoms with Crippen molar-refractivity contribution in [3.63, 3.8) is 0 Å². The first-order valence-corrected chi connectivity index (χ1v) is 8.49. The Kier molecular flexibility index (Phi) is 7.79. The first kappa shape index (κ1) is 20.4. The Labute approximate surface area is 157 Å². The summed E-state index contributed by atoms with van der Waals surface area (Å²) in [7, 11) is 1.42. The number of aliphatic hydroxyl groups is 2. The van der Waals surface area contributed by atoms with E-state index in [1.54, 1.807) is 6.07 Å². The molecule has 2 atom stereocenters. The molecule has 0 aliphatic carbocycles. The lowest BCUT2D eigenvalue weighted by Gasteiger charge is -2.19. The van der Waals surface area contributed by atoms with E-state index in [0.29, 0.717) is 23.2 Å². The molecule has 0 saturated heterocycles. The van der Waals surface area contributed by atoms with E-state index in [9.17, 15) is 19.8 Å². The largest absolute Gasteiger partial charge is 0.496 e. The van der Waals surface area contributed by atoms with Crippen molar-refractivity contribution in [2.75, 3.05) is 13.7 Å². The SMILES string of the molecule is COc1cc(C(O)C(O)CCNC(=O)OCc2ccccc2)ccc1C=O. The molecule has 0 aliphatic rings. The van der Waals surface area contributed by atoms with Crippen LogP contribution in [0.25, 0.3) is 0 Å². The van der Waals surface area contributed by atoms with Gasteiger partial charge in [0.15, 0.2) is 6.29 Å². The molecule has 0 heterocycles. The Morgan fingerprint density at radius 3 is 2.59 bits per heavy atom. The molecular weight excluding hydrogens is 350 g/mol. The zero-order valence-electron chi connectivity index (χ0n) is 15.0. The van der Waals surface area contributed by atoms with Crippen molar-refractivity contribution in [3.8, 4) is 5.75 Å². The van der Waals surface area contributed by atoms with Gasteiger partial charge in [0.1, 0.15) is 18.5 Å². The average Bonchev–Trinajstić information content (AvgIpc) is 2.71. The third kappa shape index (κ3) is 6.09. The summed E-state index contributed by atoms with van der Waals surface area (Å²) in [5, 5.41) is 22.9. The highest BCUT2D eigenvalue weighted by molar-refractivity contribution is 5.79. The van der Waals surface area contributed by atoms with E-state index in [-0.39, 0.29) is 19.6 Å². The molecule has 2 unspecified atom stereocenters. The van der Waals surface area contributed by atoms with E-state index in [2.05, 4.69) is 5.32 Å². The Morgan fingerprint density at radius 1 is 1.19 bits per heavy atom. The molecule has 2 rings (SSSR count). The van der Waals surface area contributed by atoms with Gasteiger partial charge in [-0.3, -0.25) is 4.79 Å². The van der Waals surface area contributed by atoms with Crippen molar-refractivity contribution in [3.05, 3.63) is 65.2 Å². The van der Waals surface area contributed by atoms with Gasteiger partial charge in [0, 0.05) is 6.54 Å². The molecule has 0 aliphatic heterocycles. The Bertz CT molecular complexity index is 749. The molecule has 3 N–H and O–H groups in total. The number of hydrogen-bond acceptors (Lipinski definition) is 6. The van der Waals surface area contributed by atoms with Crippen molar-refractivity contribution in [1.29, 1.82) is 0 Å². The summed E-state index contributed by atoms with van der Waals surface area (Å²) >= 11 is 0. The summed E-state index contributed by atoms with van der Waals surface area (Å²) in [4.78, 5) is 22.6. The first-order chi connectivity index (χ1) is 13.0. The fraction of sp³-hybridized carbons (Fsp3) is 0.300. The third-order valence-corrected chi connectivity index (χ3v) is 4.01. The summed E-state index contributed by atoms with van der Waals surface area (Å²) in [5.41, 5.74) is 1.64. The number of aliphatic hydroxyl groups excluding tert-OH is 2. The molecule has 2 aromatic carbocycles. The van der Waals surface area contributed by atoms with Crippen LogP contribution in [0.1, 0.15) is 34.0 Å². The van der Waals surface area contributed by atoms with Crippen LogP contribution in [-0.4, -0.2) is 42.4 Å². The number of alkyl carbamates (subject to hydrolysis) is 1. The monoisotopic (exact) mass is 373 g/mol. The maximum absolute atomic E-state index is 11.7. The summed E-state index contributed by atoms with van der Waals surface area (Å²) < 4.78 is 10.2. The van der Waals surface area contributed by atoms with E-state index < -0.39 is 18.3 Å². The molecule has 2 aromatic rings. The number of methoxy groups -OCH3 is 1. The van der Waals surface area contributed by atoms with Crippen LogP contribution in [0.15, 0.2) is 48.5 Å². The Hall–Kier alpha value is -2.90. The molecule has 1 amide bonds. The van der Waals surface area contributed by atoms with Crippen LogP contribution in [0, 0.1) is 0 Å². The summed E-state index contributed by atoms with van der Waals surface area (Å²) in [6.45, 7) is 0.288. The minimum Gasteiger partial charge on any atom is -0.496 e. The Morgan fingerprint density at radius 2 is 1.93 bits per heavy atom. The number of amides is 1. The molecule has 7 nitrogen and oxygen atoms in total. The van der Waals surface area contributed by atoms with Gasteiger partial charge in [-0.05, 0) is 29.7 Å². The lowest BCUT2D eigenvalue weighted by atomic mass is 10.0. The molecule has 0 aromatic heterocycles. The topological polar surface area (TPSA) is 105 Å². The zero-order valence-corrected chi connectivity index (χ0v) is 15.0. The Balaban J connectivity index is 1.78. The number of benzene rings is 2. The van der Waals surface area contributed by atoms with Crippen molar-refractivity contribution >= 4 is 12.4 Å². The number of carbonyl (C=O) groups excluding carboxylic acids is 2. The van der Waals surface area contributed by atoms with E-state index in [1.807, 2.05) is 30.3 Å². The van der Waals surface area contributed by atoms with Gasteiger partial charge in [0.05, 0.1) is 18.8 Å². The van der Waals surface area contributed by atoms with Gasteiger partial charge < -0.3 is 25.0 Å². The molecule has 0 spiro atoms. The first-order valence-electron chi connectivity index (χ1n) is 8.49. The highest BCUT2D eigenvalue weighted by atomic mass is 16.5. The van der Waals surface area contributed by atoms with E-state index >= 15 is 0 Å². The smallest absolute Gasteiger partial charge is 0.407 e.